The van der Waals surface area contributed by atoms with E-state index in [1.807, 2.05) is 62.4 Å². The second kappa shape index (κ2) is 6.93. The number of hydrogen-bond donors (Lipinski definition) is 1. The number of rotatable bonds is 3. The lowest BCUT2D eigenvalue weighted by Gasteiger charge is -2.17. The highest BCUT2D eigenvalue weighted by atomic mass is 32.2. The molecule has 5 heteroatoms. The van der Waals surface area contributed by atoms with Crippen LogP contribution in [0, 0.1) is 13.8 Å². The fourth-order valence-corrected chi connectivity index (χ4v) is 3.55. The molecular weight excluding hydrogens is 320 g/mol. The van der Waals surface area contributed by atoms with Crippen molar-refractivity contribution in [3.63, 3.8) is 0 Å². The molecule has 0 unspecified atom stereocenters. The van der Waals surface area contributed by atoms with Gasteiger partial charge in [0.1, 0.15) is 0 Å². The maximum Gasteiger partial charge on any atom is 0.251 e. The summed E-state index contributed by atoms with van der Waals surface area (Å²) in [5.74, 6) is 0.0973. The third-order valence-corrected chi connectivity index (χ3v) is 4.80. The molecule has 0 saturated carbocycles. The smallest absolute Gasteiger partial charge is 0.251 e. The molecule has 1 N–H and O–H groups in total. The van der Waals surface area contributed by atoms with Gasteiger partial charge in [0.05, 0.1) is 10.8 Å². The van der Waals surface area contributed by atoms with Gasteiger partial charge in [-0.2, -0.15) is 0 Å². The normalized spacial score (nSPS) is 15.8. The largest absolute Gasteiger partial charge is 0.322 e. The van der Waals surface area contributed by atoms with Crippen molar-refractivity contribution < 1.29 is 9.59 Å². The number of hydrogen-bond acceptors (Lipinski definition) is 3. The zero-order valence-electron chi connectivity index (χ0n) is 13.6. The first-order chi connectivity index (χ1) is 11.6. The van der Waals surface area contributed by atoms with E-state index in [0.717, 1.165) is 22.5 Å². The molecule has 3 rings (SSSR count). The van der Waals surface area contributed by atoms with Crippen LogP contribution in [-0.4, -0.2) is 17.6 Å². The molecule has 2 aromatic carbocycles. The van der Waals surface area contributed by atoms with Gasteiger partial charge in [-0.3, -0.25) is 14.5 Å². The highest BCUT2D eigenvalue weighted by molar-refractivity contribution is 8.04. The van der Waals surface area contributed by atoms with Gasteiger partial charge in [0, 0.05) is 17.5 Å². The number of thioether (sulfide) groups is 1. The van der Waals surface area contributed by atoms with Gasteiger partial charge in [-0.15, -0.1) is 0 Å². The van der Waals surface area contributed by atoms with Crippen LogP contribution in [0.5, 0.6) is 0 Å². The van der Waals surface area contributed by atoms with E-state index in [1.54, 1.807) is 4.90 Å². The second-order valence-electron chi connectivity index (χ2n) is 5.59. The molecule has 0 aromatic heterocycles. The summed E-state index contributed by atoms with van der Waals surface area (Å²) in [5.41, 5.74) is 3.62. The first kappa shape index (κ1) is 16.3. The molecule has 4 nitrogen and oxygen atoms in total. The van der Waals surface area contributed by atoms with E-state index in [1.165, 1.54) is 17.8 Å². The van der Waals surface area contributed by atoms with Crippen LogP contribution in [-0.2, 0) is 9.59 Å². The maximum absolute atomic E-state index is 12.4. The minimum Gasteiger partial charge on any atom is -0.322 e. The minimum absolute atomic E-state index is 0.0164. The standard InChI is InChI=1S/C19H18N2O2S/c1-13-7-6-8-14(2)19(13)20-16(22)11-18-21(17(23)12-24-18)15-9-4-3-5-10-15/h3-11H,12H2,1-2H3,(H,20,22)/b18-11-. The van der Waals surface area contributed by atoms with Crippen molar-refractivity contribution >= 4 is 35.0 Å². The highest BCUT2D eigenvalue weighted by Crippen LogP contribution is 2.33. The molecule has 0 atom stereocenters. The van der Waals surface area contributed by atoms with E-state index in [2.05, 4.69) is 5.32 Å². The Morgan fingerprint density at radius 2 is 1.75 bits per heavy atom. The van der Waals surface area contributed by atoms with Crippen molar-refractivity contribution in [3.8, 4) is 0 Å². The zero-order chi connectivity index (χ0) is 17.1. The molecule has 0 aliphatic carbocycles. The number of benzene rings is 2. The molecule has 2 aromatic rings. The summed E-state index contributed by atoms with van der Waals surface area (Å²) in [6, 6.07) is 15.2. The van der Waals surface area contributed by atoms with E-state index in [4.69, 9.17) is 0 Å². The minimum atomic E-state index is -0.231. The van der Waals surface area contributed by atoms with E-state index >= 15 is 0 Å². The number of nitrogens with one attached hydrogen (secondary N) is 1. The molecule has 1 heterocycles. The topological polar surface area (TPSA) is 49.4 Å². The van der Waals surface area contributed by atoms with Gasteiger partial charge in [-0.1, -0.05) is 48.2 Å². The molecule has 1 saturated heterocycles. The van der Waals surface area contributed by atoms with Crippen LogP contribution in [0.1, 0.15) is 11.1 Å². The Balaban J connectivity index is 1.84. The van der Waals surface area contributed by atoms with Crippen LogP contribution in [0.4, 0.5) is 11.4 Å². The van der Waals surface area contributed by atoms with Crippen molar-refractivity contribution in [2.24, 2.45) is 0 Å². The fourth-order valence-electron chi connectivity index (χ4n) is 2.63. The van der Waals surface area contributed by atoms with E-state index < -0.39 is 0 Å². The van der Waals surface area contributed by atoms with Gasteiger partial charge < -0.3 is 5.32 Å². The van der Waals surface area contributed by atoms with Crippen molar-refractivity contribution in [3.05, 3.63) is 70.8 Å². The Hall–Kier alpha value is -2.53. The van der Waals surface area contributed by atoms with Crippen LogP contribution < -0.4 is 10.2 Å². The quantitative estimate of drug-likeness (QED) is 0.865. The van der Waals surface area contributed by atoms with Crippen molar-refractivity contribution in [2.45, 2.75) is 13.8 Å². The third-order valence-electron chi connectivity index (χ3n) is 3.81. The number of amides is 2. The Morgan fingerprint density at radius 1 is 1.08 bits per heavy atom. The molecular formula is C19H18N2O2S. The second-order valence-corrected chi connectivity index (χ2v) is 6.59. The average molecular weight is 338 g/mol. The van der Waals surface area contributed by atoms with Gasteiger partial charge in [0.15, 0.2) is 0 Å². The SMILES string of the molecule is Cc1cccc(C)c1NC(=O)/C=C1\SCC(=O)N1c1ccccc1. The fraction of sp³-hybridized carbons (Fsp3) is 0.158. The number of nitrogens with zero attached hydrogens (tertiary/aromatic N) is 1. The van der Waals surface area contributed by atoms with E-state index in [9.17, 15) is 9.59 Å². The number of carbonyl (C=O) groups is 2. The summed E-state index contributed by atoms with van der Waals surface area (Å²) in [4.78, 5) is 26.2. The molecule has 1 fully saturated rings. The molecule has 1 aliphatic rings. The van der Waals surface area contributed by atoms with Gasteiger partial charge >= 0.3 is 0 Å². The molecule has 24 heavy (non-hydrogen) atoms. The van der Waals surface area contributed by atoms with Crippen LogP contribution >= 0.6 is 11.8 Å². The van der Waals surface area contributed by atoms with Crippen LogP contribution in [0.2, 0.25) is 0 Å². The highest BCUT2D eigenvalue weighted by Gasteiger charge is 2.28. The van der Waals surface area contributed by atoms with E-state index in [-0.39, 0.29) is 11.8 Å². The summed E-state index contributed by atoms with van der Waals surface area (Å²) < 4.78 is 0. The lowest BCUT2D eigenvalue weighted by molar-refractivity contribution is -0.115. The van der Waals surface area contributed by atoms with Gasteiger partial charge in [0.2, 0.25) is 5.91 Å². The third kappa shape index (κ3) is 3.36. The first-order valence-electron chi connectivity index (χ1n) is 7.66. The molecule has 2 amide bonds. The van der Waals surface area contributed by atoms with Crippen molar-refractivity contribution in [2.75, 3.05) is 16.0 Å². The number of para-hydroxylation sites is 2. The lowest BCUT2D eigenvalue weighted by atomic mass is 10.1. The molecule has 0 spiro atoms. The molecule has 0 radical (unpaired) electrons. The maximum atomic E-state index is 12.4. The number of carbonyl (C=O) groups excluding carboxylic acids is 2. The molecule has 1 aliphatic heterocycles. The van der Waals surface area contributed by atoms with Crippen LogP contribution in [0.15, 0.2) is 59.6 Å². The first-order valence-corrected chi connectivity index (χ1v) is 8.64. The van der Waals surface area contributed by atoms with Gasteiger partial charge in [-0.25, -0.2) is 0 Å². The van der Waals surface area contributed by atoms with Crippen molar-refractivity contribution in [1.82, 2.24) is 0 Å². The lowest BCUT2D eigenvalue weighted by Crippen LogP contribution is -2.24. The Kier molecular flexibility index (Phi) is 4.71. The molecule has 0 bridgehead atoms. The Morgan fingerprint density at radius 3 is 2.42 bits per heavy atom. The number of aryl methyl sites for hydroxylation is 2. The van der Waals surface area contributed by atoms with Gasteiger partial charge in [0.25, 0.3) is 5.91 Å². The Labute approximate surface area is 145 Å². The summed E-state index contributed by atoms with van der Waals surface area (Å²) in [6.07, 6.45) is 1.49. The Bertz CT molecular complexity index is 795. The van der Waals surface area contributed by atoms with E-state index in [0.29, 0.717) is 10.8 Å². The summed E-state index contributed by atoms with van der Waals surface area (Å²) >= 11 is 1.38. The number of anilines is 2. The van der Waals surface area contributed by atoms with Crippen LogP contribution in [0.3, 0.4) is 0 Å². The molecule has 122 valence electrons. The average Bonchev–Trinajstić information content (AvgIpc) is 2.92. The van der Waals surface area contributed by atoms with Crippen LogP contribution in [0.25, 0.3) is 0 Å². The monoisotopic (exact) mass is 338 g/mol. The van der Waals surface area contributed by atoms with Crippen molar-refractivity contribution in [1.29, 1.82) is 0 Å². The van der Waals surface area contributed by atoms with Gasteiger partial charge in [-0.05, 0) is 37.1 Å². The summed E-state index contributed by atoms with van der Waals surface area (Å²) in [5, 5.41) is 3.57. The predicted octanol–water partition coefficient (Wildman–Crippen LogP) is 3.86. The summed E-state index contributed by atoms with van der Waals surface area (Å²) in [6.45, 7) is 3.92. The predicted molar refractivity (Wildman–Crippen MR) is 99.0 cm³/mol. The summed E-state index contributed by atoms with van der Waals surface area (Å²) in [7, 11) is 0. The zero-order valence-corrected chi connectivity index (χ0v) is 14.4.